The van der Waals surface area contributed by atoms with E-state index in [1.54, 1.807) is 33.5 Å². The van der Waals surface area contributed by atoms with Crippen molar-refractivity contribution in [3.05, 3.63) is 51.9 Å². The SMILES string of the molecule is COc1cc2oc(CCc3ccc(OC)c(OC)c3OC)cc(=O)c2cc1OC. The van der Waals surface area contributed by atoms with Crippen molar-refractivity contribution in [3.8, 4) is 28.7 Å². The second-order valence-corrected chi connectivity index (χ2v) is 6.27. The monoisotopic (exact) mass is 400 g/mol. The molecule has 1 heterocycles. The highest BCUT2D eigenvalue weighted by molar-refractivity contribution is 5.80. The summed E-state index contributed by atoms with van der Waals surface area (Å²) in [7, 11) is 7.78. The van der Waals surface area contributed by atoms with Crippen LogP contribution in [0.1, 0.15) is 11.3 Å². The Kier molecular flexibility index (Phi) is 6.16. The normalized spacial score (nSPS) is 10.7. The molecule has 29 heavy (non-hydrogen) atoms. The lowest BCUT2D eigenvalue weighted by atomic mass is 10.1. The highest BCUT2D eigenvalue weighted by Crippen LogP contribution is 2.40. The van der Waals surface area contributed by atoms with Crippen LogP contribution in [0.15, 0.2) is 39.5 Å². The lowest BCUT2D eigenvalue weighted by Crippen LogP contribution is -2.05. The van der Waals surface area contributed by atoms with Crippen LogP contribution in [0.5, 0.6) is 28.7 Å². The number of hydrogen-bond donors (Lipinski definition) is 0. The maximum atomic E-state index is 12.6. The van der Waals surface area contributed by atoms with Crippen molar-refractivity contribution in [3.63, 3.8) is 0 Å². The molecule has 0 aliphatic carbocycles. The fourth-order valence-corrected chi connectivity index (χ4v) is 3.27. The van der Waals surface area contributed by atoms with E-state index < -0.39 is 0 Å². The Morgan fingerprint density at radius 2 is 1.38 bits per heavy atom. The van der Waals surface area contributed by atoms with Crippen LogP contribution in [0.3, 0.4) is 0 Å². The van der Waals surface area contributed by atoms with Gasteiger partial charge in [-0.2, -0.15) is 0 Å². The molecular formula is C22H24O7. The fourth-order valence-electron chi connectivity index (χ4n) is 3.27. The van der Waals surface area contributed by atoms with E-state index >= 15 is 0 Å². The van der Waals surface area contributed by atoms with Gasteiger partial charge in [-0.25, -0.2) is 0 Å². The maximum absolute atomic E-state index is 12.6. The van der Waals surface area contributed by atoms with Gasteiger partial charge in [0.15, 0.2) is 28.4 Å². The molecule has 0 N–H and O–H groups in total. The Morgan fingerprint density at radius 3 is 2.00 bits per heavy atom. The van der Waals surface area contributed by atoms with Gasteiger partial charge < -0.3 is 28.1 Å². The van der Waals surface area contributed by atoms with Crippen molar-refractivity contribution in [2.45, 2.75) is 12.8 Å². The van der Waals surface area contributed by atoms with E-state index in [2.05, 4.69) is 0 Å². The highest BCUT2D eigenvalue weighted by atomic mass is 16.5. The Morgan fingerprint density at radius 1 is 0.724 bits per heavy atom. The molecule has 0 saturated heterocycles. The minimum Gasteiger partial charge on any atom is -0.493 e. The Balaban J connectivity index is 1.94. The molecule has 0 aliphatic rings. The van der Waals surface area contributed by atoms with Crippen molar-refractivity contribution >= 4 is 11.0 Å². The summed E-state index contributed by atoms with van der Waals surface area (Å²) in [6.07, 6.45) is 1.09. The van der Waals surface area contributed by atoms with Gasteiger partial charge in [0.2, 0.25) is 5.75 Å². The molecule has 0 aliphatic heterocycles. The van der Waals surface area contributed by atoms with Crippen LogP contribution in [0, 0.1) is 0 Å². The Labute approximate surface area is 168 Å². The van der Waals surface area contributed by atoms with E-state index in [-0.39, 0.29) is 5.43 Å². The average Bonchev–Trinajstić information content (AvgIpc) is 2.75. The molecule has 0 fully saturated rings. The van der Waals surface area contributed by atoms with Crippen LogP contribution in [-0.4, -0.2) is 35.5 Å². The van der Waals surface area contributed by atoms with Crippen LogP contribution in [0.2, 0.25) is 0 Å². The molecule has 2 aromatic carbocycles. The van der Waals surface area contributed by atoms with E-state index in [0.29, 0.717) is 58.3 Å². The quantitative estimate of drug-likeness (QED) is 0.572. The standard InChI is InChI=1S/C22H24O7/c1-24-17-9-7-13(21(27-4)22(17)28-5)6-8-14-10-16(23)15-11-19(25-2)20(26-3)12-18(15)29-14/h7,9-12H,6,8H2,1-5H3. The first kappa shape index (κ1) is 20.4. The number of ether oxygens (including phenoxy) is 5. The van der Waals surface area contributed by atoms with E-state index in [9.17, 15) is 4.79 Å². The van der Waals surface area contributed by atoms with E-state index in [1.807, 2.05) is 12.1 Å². The van der Waals surface area contributed by atoms with Crippen LogP contribution in [0.25, 0.3) is 11.0 Å². The summed E-state index contributed by atoms with van der Waals surface area (Å²) in [6.45, 7) is 0. The molecule has 7 nitrogen and oxygen atoms in total. The first-order valence-electron chi connectivity index (χ1n) is 9.02. The first-order chi connectivity index (χ1) is 14.1. The Hall–Kier alpha value is -3.35. The number of aryl methyl sites for hydroxylation is 2. The topological polar surface area (TPSA) is 76.4 Å². The van der Waals surface area contributed by atoms with Crippen LogP contribution in [-0.2, 0) is 12.8 Å². The van der Waals surface area contributed by atoms with Crippen molar-refractivity contribution < 1.29 is 28.1 Å². The predicted octanol–water partition coefficient (Wildman–Crippen LogP) is 3.62. The van der Waals surface area contributed by atoms with Gasteiger partial charge in [-0.05, 0) is 24.1 Å². The first-order valence-corrected chi connectivity index (χ1v) is 9.02. The molecular weight excluding hydrogens is 376 g/mol. The fraction of sp³-hybridized carbons (Fsp3) is 0.318. The smallest absolute Gasteiger partial charge is 0.203 e. The molecule has 0 unspecified atom stereocenters. The third-order valence-corrected chi connectivity index (χ3v) is 4.71. The number of benzene rings is 2. The summed E-state index contributed by atoms with van der Waals surface area (Å²) >= 11 is 0. The summed E-state index contributed by atoms with van der Waals surface area (Å²) in [4.78, 5) is 12.6. The van der Waals surface area contributed by atoms with E-state index in [4.69, 9.17) is 28.1 Å². The third kappa shape index (κ3) is 3.94. The van der Waals surface area contributed by atoms with Crippen molar-refractivity contribution in [1.82, 2.24) is 0 Å². The number of methoxy groups -OCH3 is 5. The highest BCUT2D eigenvalue weighted by Gasteiger charge is 2.17. The zero-order valence-electron chi connectivity index (χ0n) is 17.2. The predicted molar refractivity (Wildman–Crippen MR) is 109 cm³/mol. The Bertz CT molecular complexity index is 1070. The molecule has 0 spiro atoms. The van der Waals surface area contributed by atoms with Gasteiger partial charge in [0.1, 0.15) is 11.3 Å². The zero-order valence-corrected chi connectivity index (χ0v) is 17.2. The molecule has 0 atom stereocenters. The van der Waals surface area contributed by atoms with E-state index in [0.717, 1.165) is 5.56 Å². The van der Waals surface area contributed by atoms with Crippen molar-refractivity contribution in [1.29, 1.82) is 0 Å². The average molecular weight is 400 g/mol. The summed E-state index contributed by atoms with van der Waals surface area (Å²) in [6, 6.07) is 8.52. The van der Waals surface area contributed by atoms with Gasteiger partial charge in [0, 0.05) is 18.6 Å². The summed E-state index contributed by atoms with van der Waals surface area (Å²) < 4.78 is 32.8. The zero-order chi connectivity index (χ0) is 21.0. The largest absolute Gasteiger partial charge is 0.493 e. The lowest BCUT2D eigenvalue weighted by molar-refractivity contribution is 0.322. The number of hydrogen-bond acceptors (Lipinski definition) is 7. The minimum atomic E-state index is -0.138. The molecule has 0 amide bonds. The maximum Gasteiger partial charge on any atom is 0.203 e. The van der Waals surface area contributed by atoms with Crippen LogP contribution in [0.4, 0.5) is 0 Å². The lowest BCUT2D eigenvalue weighted by Gasteiger charge is -2.15. The molecule has 0 radical (unpaired) electrons. The minimum absolute atomic E-state index is 0.138. The molecule has 7 heteroatoms. The summed E-state index contributed by atoms with van der Waals surface area (Å²) in [5.41, 5.74) is 1.23. The van der Waals surface area contributed by atoms with Gasteiger partial charge in [-0.15, -0.1) is 0 Å². The number of fused-ring (bicyclic) bond motifs is 1. The third-order valence-electron chi connectivity index (χ3n) is 4.71. The van der Waals surface area contributed by atoms with E-state index in [1.165, 1.54) is 20.3 Å². The molecule has 0 saturated carbocycles. The second-order valence-electron chi connectivity index (χ2n) is 6.27. The van der Waals surface area contributed by atoms with Crippen molar-refractivity contribution in [2.24, 2.45) is 0 Å². The van der Waals surface area contributed by atoms with Gasteiger partial charge in [0.25, 0.3) is 0 Å². The molecule has 154 valence electrons. The van der Waals surface area contributed by atoms with Crippen LogP contribution >= 0.6 is 0 Å². The second kappa shape index (κ2) is 8.77. The summed E-state index contributed by atoms with van der Waals surface area (Å²) in [5.74, 6) is 3.26. The molecule has 3 aromatic rings. The molecule has 0 bridgehead atoms. The van der Waals surface area contributed by atoms with Gasteiger partial charge in [-0.3, -0.25) is 4.79 Å². The van der Waals surface area contributed by atoms with Crippen LogP contribution < -0.4 is 29.1 Å². The van der Waals surface area contributed by atoms with Crippen molar-refractivity contribution in [2.75, 3.05) is 35.5 Å². The number of rotatable bonds is 8. The van der Waals surface area contributed by atoms with Gasteiger partial charge in [0.05, 0.1) is 40.9 Å². The molecule has 3 rings (SSSR count). The molecule has 1 aromatic heterocycles. The summed E-state index contributed by atoms with van der Waals surface area (Å²) in [5, 5.41) is 0.440. The van der Waals surface area contributed by atoms with Gasteiger partial charge >= 0.3 is 0 Å². The van der Waals surface area contributed by atoms with Gasteiger partial charge in [-0.1, -0.05) is 6.07 Å².